The van der Waals surface area contributed by atoms with Crippen LogP contribution in [0.25, 0.3) is 5.78 Å². The van der Waals surface area contributed by atoms with Gasteiger partial charge in [-0.3, -0.25) is 14.8 Å². The number of fused-ring (bicyclic) bond motifs is 1. The molecule has 102 valence electrons. The molecule has 3 rings (SSSR count). The van der Waals surface area contributed by atoms with Gasteiger partial charge in [0.2, 0.25) is 0 Å². The lowest BCUT2D eigenvalue weighted by Crippen LogP contribution is -2.57. The van der Waals surface area contributed by atoms with Crippen molar-refractivity contribution in [2.75, 3.05) is 19.6 Å². The molecule has 3 heterocycles. The van der Waals surface area contributed by atoms with Crippen LogP contribution in [-0.4, -0.2) is 49.7 Å². The van der Waals surface area contributed by atoms with Crippen molar-refractivity contribution in [2.45, 2.75) is 25.9 Å². The summed E-state index contributed by atoms with van der Waals surface area (Å²) in [6.07, 6.45) is 1.47. The van der Waals surface area contributed by atoms with E-state index in [0.29, 0.717) is 12.3 Å². The number of piperazine rings is 1. The first kappa shape index (κ1) is 12.3. The van der Waals surface area contributed by atoms with Crippen molar-refractivity contribution in [3.63, 3.8) is 0 Å². The van der Waals surface area contributed by atoms with Gasteiger partial charge in [0.15, 0.2) is 0 Å². The van der Waals surface area contributed by atoms with E-state index in [1.165, 1.54) is 10.8 Å². The zero-order valence-corrected chi connectivity index (χ0v) is 11.2. The fourth-order valence-corrected chi connectivity index (χ4v) is 2.46. The molecule has 0 bridgehead atoms. The van der Waals surface area contributed by atoms with E-state index in [-0.39, 0.29) is 11.1 Å². The summed E-state index contributed by atoms with van der Waals surface area (Å²) in [5.74, 6) is 0.426. The molecule has 2 aromatic heterocycles. The number of hydrogen-bond donors (Lipinski definition) is 2. The Morgan fingerprint density at radius 2 is 2.32 bits per heavy atom. The highest BCUT2D eigenvalue weighted by molar-refractivity contribution is 5.26. The normalized spacial score (nSPS) is 19.9. The van der Waals surface area contributed by atoms with E-state index >= 15 is 0 Å². The predicted octanol–water partition coefficient (Wildman–Crippen LogP) is -0.399. The summed E-state index contributed by atoms with van der Waals surface area (Å²) in [6, 6.07) is 1.57. The molecule has 0 amide bonds. The van der Waals surface area contributed by atoms with Crippen molar-refractivity contribution >= 4 is 5.78 Å². The van der Waals surface area contributed by atoms with E-state index in [2.05, 4.69) is 39.1 Å². The summed E-state index contributed by atoms with van der Waals surface area (Å²) >= 11 is 0. The molecule has 19 heavy (non-hydrogen) atoms. The molecule has 0 saturated carbocycles. The summed E-state index contributed by atoms with van der Waals surface area (Å²) in [4.78, 5) is 22.7. The number of nitrogens with one attached hydrogen (secondary N) is 2. The number of H-pyrrole nitrogens is 1. The Bertz CT molecular complexity index is 643. The number of aromatic amines is 1. The second kappa shape index (κ2) is 4.43. The van der Waals surface area contributed by atoms with Crippen LogP contribution in [0.4, 0.5) is 0 Å². The Morgan fingerprint density at radius 1 is 1.47 bits per heavy atom. The standard InChI is InChI=1S/C12H18N6O/c1-12(2)7-13-3-4-17(12)6-9-5-10(19)18-11(16-9)14-8-15-18/h5,8,13H,3-4,6-7H2,1-2H3,(H,14,15,16). The summed E-state index contributed by atoms with van der Waals surface area (Å²) in [5, 5.41) is 6.12. The number of aromatic nitrogens is 4. The molecule has 0 atom stereocenters. The lowest BCUT2D eigenvalue weighted by Gasteiger charge is -2.42. The van der Waals surface area contributed by atoms with Crippen LogP contribution >= 0.6 is 0 Å². The zero-order valence-electron chi connectivity index (χ0n) is 11.2. The van der Waals surface area contributed by atoms with E-state index < -0.39 is 0 Å². The first-order chi connectivity index (χ1) is 9.06. The summed E-state index contributed by atoms with van der Waals surface area (Å²) in [7, 11) is 0. The fraction of sp³-hybridized carbons (Fsp3) is 0.583. The molecule has 2 N–H and O–H groups in total. The summed E-state index contributed by atoms with van der Waals surface area (Å²) in [6.45, 7) is 7.92. The van der Waals surface area contributed by atoms with Gasteiger partial charge >= 0.3 is 0 Å². The molecule has 0 aliphatic carbocycles. The van der Waals surface area contributed by atoms with E-state index in [4.69, 9.17) is 0 Å². The van der Waals surface area contributed by atoms with Gasteiger partial charge in [0.1, 0.15) is 6.33 Å². The maximum Gasteiger partial charge on any atom is 0.274 e. The van der Waals surface area contributed by atoms with Crippen LogP contribution < -0.4 is 10.9 Å². The second-order valence-corrected chi connectivity index (χ2v) is 5.52. The molecule has 0 unspecified atom stereocenters. The lowest BCUT2D eigenvalue weighted by molar-refractivity contribution is 0.0814. The average molecular weight is 262 g/mol. The van der Waals surface area contributed by atoms with Crippen LogP contribution in [0.15, 0.2) is 17.2 Å². The average Bonchev–Trinajstić information content (AvgIpc) is 2.80. The van der Waals surface area contributed by atoms with Crippen LogP contribution in [0.1, 0.15) is 19.5 Å². The Labute approximate surface area is 110 Å². The first-order valence-electron chi connectivity index (χ1n) is 6.44. The minimum Gasteiger partial charge on any atom is -0.314 e. The molecule has 1 aliphatic heterocycles. The van der Waals surface area contributed by atoms with E-state index in [0.717, 1.165) is 25.3 Å². The van der Waals surface area contributed by atoms with Gasteiger partial charge in [-0.05, 0) is 13.8 Å². The van der Waals surface area contributed by atoms with E-state index in [1.807, 2.05) is 0 Å². The number of rotatable bonds is 2. The Kier molecular flexibility index (Phi) is 2.87. The lowest BCUT2D eigenvalue weighted by atomic mass is 10.00. The van der Waals surface area contributed by atoms with Gasteiger partial charge in [0, 0.05) is 37.8 Å². The van der Waals surface area contributed by atoms with Gasteiger partial charge in [0.05, 0.1) is 5.69 Å². The zero-order chi connectivity index (χ0) is 13.5. The first-order valence-corrected chi connectivity index (χ1v) is 6.44. The van der Waals surface area contributed by atoms with Crippen LogP contribution in [0.3, 0.4) is 0 Å². The van der Waals surface area contributed by atoms with E-state index in [1.54, 1.807) is 6.07 Å². The Morgan fingerprint density at radius 3 is 3.11 bits per heavy atom. The smallest absolute Gasteiger partial charge is 0.274 e. The predicted molar refractivity (Wildman–Crippen MR) is 71.0 cm³/mol. The Hall–Kier alpha value is -1.73. The van der Waals surface area contributed by atoms with Gasteiger partial charge < -0.3 is 5.32 Å². The topological polar surface area (TPSA) is 78.3 Å². The molecule has 1 saturated heterocycles. The SMILES string of the molecule is CC1(C)CNCCN1Cc1cc(=O)n2[nH]cnc2n1. The van der Waals surface area contributed by atoms with Gasteiger partial charge in [0.25, 0.3) is 11.3 Å². The quantitative estimate of drug-likeness (QED) is 0.770. The minimum absolute atomic E-state index is 0.0661. The second-order valence-electron chi connectivity index (χ2n) is 5.52. The van der Waals surface area contributed by atoms with Crippen molar-refractivity contribution in [3.8, 4) is 0 Å². The molecule has 7 heteroatoms. The Balaban J connectivity index is 1.90. The van der Waals surface area contributed by atoms with Gasteiger partial charge in [-0.1, -0.05) is 0 Å². The van der Waals surface area contributed by atoms with Crippen molar-refractivity contribution in [3.05, 3.63) is 28.4 Å². The van der Waals surface area contributed by atoms with Crippen LogP contribution in [0.2, 0.25) is 0 Å². The van der Waals surface area contributed by atoms with Crippen molar-refractivity contribution in [2.24, 2.45) is 0 Å². The maximum atomic E-state index is 11.9. The van der Waals surface area contributed by atoms with E-state index in [9.17, 15) is 4.79 Å². The highest BCUT2D eigenvalue weighted by Gasteiger charge is 2.29. The maximum absolute atomic E-state index is 11.9. The molecule has 0 radical (unpaired) electrons. The van der Waals surface area contributed by atoms with Crippen LogP contribution in [0.5, 0.6) is 0 Å². The van der Waals surface area contributed by atoms with Crippen molar-refractivity contribution in [1.82, 2.24) is 29.8 Å². The molecule has 0 aromatic carbocycles. The molecule has 2 aromatic rings. The van der Waals surface area contributed by atoms with Crippen LogP contribution in [-0.2, 0) is 6.54 Å². The fourth-order valence-electron chi connectivity index (χ4n) is 2.46. The largest absolute Gasteiger partial charge is 0.314 e. The van der Waals surface area contributed by atoms with Crippen molar-refractivity contribution in [1.29, 1.82) is 0 Å². The number of nitrogens with zero attached hydrogens (tertiary/aromatic N) is 4. The van der Waals surface area contributed by atoms with Gasteiger partial charge in [-0.25, -0.2) is 9.97 Å². The molecule has 7 nitrogen and oxygen atoms in total. The van der Waals surface area contributed by atoms with Crippen molar-refractivity contribution < 1.29 is 0 Å². The van der Waals surface area contributed by atoms with Crippen LogP contribution in [0, 0.1) is 0 Å². The molecule has 0 spiro atoms. The third kappa shape index (κ3) is 2.26. The van der Waals surface area contributed by atoms with Gasteiger partial charge in [-0.2, -0.15) is 4.52 Å². The third-order valence-electron chi connectivity index (χ3n) is 3.65. The highest BCUT2D eigenvalue weighted by atomic mass is 16.1. The van der Waals surface area contributed by atoms with Gasteiger partial charge in [-0.15, -0.1) is 0 Å². The molecule has 1 fully saturated rings. The minimum atomic E-state index is -0.120. The highest BCUT2D eigenvalue weighted by Crippen LogP contribution is 2.18. The third-order valence-corrected chi connectivity index (χ3v) is 3.65. The molecule has 1 aliphatic rings. The molecular formula is C12H18N6O. The summed E-state index contributed by atoms with van der Waals surface area (Å²) in [5.41, 5.74) is 0.717. The molecular weight excluding hydrogens is 244 g/mol. The monoisotopic (exact) mass is 262 g/mol. The summed E-state index contributed by atoms with van der Waals surface area (Å²) < 4.78 is 1.34. The number of hydrogen-bond acceptors (Lipinski definition) is 5.